The van der Waals surface area contributed by atoms with Gasteiger partial charge >= 0.3 is 0 Å². The molecule has 3 aromatic rings. The number of piperazine rings is 1. The fourth-order valence-electron chi connectivity index (χ4n) is 4.83. The van der Waals surface area contributed by atoms with Gasteiger partial charge in [0, 0.05) is 43.5 Å². The number of hydrogen-bond acceptors (Lipinski definition) is 6. The lowest BCUT2D eigenvalue weighted by Crippen LogP contribution is -2.44. The summed E-state index contributed by atoms with van der Waals surface area (Å²) in [5.74, 6) is 0.560. The molecule has 0 unspecified atom stereocenters. The second kappa shape index (κ2) is 9.05. The third-order valence-electron chi connectivity index (χ3n) is 6.68. The highest BCUT2D eigenvalue weighted by Gasteiger charge is 2.26. The van der Waals surface area contributed by atoms with Crippen LogP contribution in [0, 0.1) is 6.92 Å². The summed E-state index contributed by atoms with van der Waals surface area (Å²) in [5.41, 5.74) is 5.91. The average molecular weight is 434 g/mol. The van der Waals surface area contributed by atoms with Crippen molar-refractivity contribution in [2.75, 3.05) is 38.1 Å². The van der Waals surface area contributed by atoms with E-state index in [1.165, 1.54) is 53.7 Å². The number of anilines is 1. The van der Waals surface area contributed by atoms with Gasteiger partial charge in [-0.3, -0.25) is 0 Å². The van der Waals surface area contributed by atoms with Crippen LogP contribution in [0.4, 0.5) is 5.13 Å². The van der Waals surface area contributed by atoms with Gasteiger partial charge in [-0.15, -0.1) is 0 Å². The van der Waals surface area contributed by atoms with Crippen LogP contribution in [0.5, 0.6) is 0 Å². The Labute approximate surface area is 189 Å². The highest BCUT2D eigenvalue weighted by Crippen LogP contribution is 2.44. The van der Waals surface area contributed by atoms with Crippen molar-refractivity contribution in [2.45, 2.75) is 44.9 Å². The number of hydrogen-bond donors (Lipinski definition) is 0. The van der Waals surface area contributed by atoms with Crippen LogP contribution in [0.15, 0.2) is 36.8 Å². The van der Waals surface area contributed by atoms with E-state index in [9.17, 15) is 0 Å². The van der Waals surface area contributed by atoms with Gasteiger partial charge in [-0.2, -0.15) is 0 Å². The third-order valence-corrected chi connectivity index (χ3v) is 7.80. The van der Waals surface area contributed by atoms with E-state index in [1.807, 2.05) is 0 Å². The first-order valence-electron chi connectivity index (χ1n) is 11.5. The van der Waals surface area contributed by atoms with E-state index in [0.717, 1.165) is 42.7 Å². The maximum atomic E-state index is 5.20. The predicted octanol–water partition coefficient (Wildman–Crippen LogP) is 5.38. The summed E-state index contributed by atoms with van der Waals surface area (Å²) in [6.07, 6.45) is 10.2. The third kappa shape index (κ3) is 4.37. The van der Waals surface area contributed by atoms with Crippen molar-refractivity contribution in [1.29, 1.82) is 0 Å². The first-order valence-corrected chi connectivity index (χ1v) is 12.3. The second-order valence-corrected chi connectivity index (χ2v) is 9.97. The molecule has 1 saturated heterocycles. The smallest absolute Gasteiger partial charge is 0.186 e. The first-order chi connectivity index (χ1) is 15.2. The summed E-state index contributed by atoms with van der Waals surface area (Å²) in [6.45, 7) is 6.35. The van der Waals surface area contributed by atoms with Crippen molar-refractivity contribution in [2.24, 2.45) is 0 Å². The second-order valence-electron chi connectivity index (χ2n) is 9.00. The molecule has 162 valence electrons. The average Bonchev–Trinajstić information content (AvgIpc) is 3.25. The molecule has 6 heteroatoms. The first kappa shape index (κ1) is 20.6. The molecule has 31 heavy (non-hydrogen) atoms. The van der Waals surface area contributed by atoms with Crippen LogP contribution in [0.25, 0.3) is 21.8 Å². The zero-order valence-corrected chi connectivity index (χ0v) is 19.4. The molecular formula is C25H31N5S. The predicted molar refractivity (Wildman–Crippen MR) is 129 cm³/mol. The molecule has 2 fully saturated rings. The molecule has 1 aliphatic carbocycles. The monoisotopic (exact) mass is 433 g/mol. The van der Waals surface area contributed by atoms with Gasteiger partial charge in [0.2, 0.25) is 0 Å². The molecule has 1 aliphatic heterocycles. The Kier molecular flexibility index (Phi) is 6.01. The van der Waals surface area contributed by atoms with E-state index in [2.05, 4.69) is 59.2 Å². The van der Waals surface area contributed by atoms with E-state index >= 15 is 0 Å². The normalized spacial score (nSPS) is 18.5. The van der Waals surface area contributed by atoms with E-state index in [1.54, 1.807) is 17.7 Å². The molecule has 0 amide bonds. The molecular weight excluding hydrogens is 402 g/mol. The van der Waals surface area contributed by atoms with Crippen LogP contribution in [-0.4, -0.2) is 53.1 Å². The number of aromatic nitrogens is 3. The minimum absolute atomic E-state index is 0.560. The Morgan fingerprint density at radius 3 is 2.58 bits per heavy atom. The van der Waals surface area contributed by atoms with Crippen LogP contribution in [0.1, 0.15) is 49.1 Å². The summed E-state index contributed by atoms with van der Waals surface area (Å²) >= 11 is 1.81. The molecule has 2 aromatic heterocycles. The molecule has 1 saturated carbocycles. The molecule has 0 atom stereocenters. The number of likely N-dealkylation sites (N-methyl/N-ethyl adjacent to an activating group) is 1. The topological polar surface area (TPSA) is 45.2 Å². The van der Waals surface area contributed by atoms with Crippen LogP contribution in [0.2, 0.25) is 0 Å². The van der Waals surface area contributed by atoms with E-state index < -0.39 is 0 Å². The van der Waals surface area contributed by atoms with Gasteiger partial charge in [0.15, 0.2) is 5.13 Å². The van der Waals surface area contributed by atoms with Gasteiger partial charge in [-0.1, -0.05) is 54.4 Å². The summed E-state index contributed by atoms with van der Waals surface area (Å²) in [6, 6.07) is 8.70. The zero-order valence-electron chi connectivity index (χ0n) is 18.5. The molecule has 0 spiro atoms. The van der Waals surface area contributed by atoms with Crippen molar-refractivity contribution in [3.63, 3.8) is 0 Å². The zero-order chi connectivity index (χ0) is 21.2. The maximum absolute atomic E-state index is 5.20. The van der Waals surface area contributed by atoms with Crippen LogP contribution in [0.3, 0.4) is 0 Å². The summed E-state index contributed by atoms with van der Waals surface area (Å²) in [4.78, 5) is 20.5. The number of rotatable bonds is 4. The van der Waals surface area contributed by atoms with Crippen molar-refractivity contribution < 1.29 is 0 Å². The van der Waals surface area contributed by atoms with E-state index in [-0.39, 0.29) is 0 Å². The maximum Gasteiger partial charge on any atom is 0.186 e. The number of thiazole rings is 1. The van der Waals surface area contributed by atoms with Gasteiger partial charge in [0.25, 0.3) is 0 Å². The lowest BCUT2D eigenvalue weighted by molar-refractivity contribution is 0.313. The molecule has 5 nitrogen and oxygen atoms in total. The summed E-state index contributed by atoms with van der Waals surface area (Å²) in [5, 5.41) is 1.12. The van der Waals surface area contributed by atoms with E-state index in [0.29, 0.717) is 5.92 Å². The standard InChI is InChI=1S/C25H31N5S/c1-18-7-6-10-20(15-18)22-24(31-25(28-22)30-13-11-29(2)12-14-30)23-21(16-26-17-27-23)19-8-4-3-5-9-19/h6-7,10,15-17,19H,3-5,8-9,11-14H2,1-2H3. The Morgan fingerprint density at radius 1 is 1.00 bits per heavy atom. The van der Waals surface area contributed by atoms with Crippen LogP contribution < -0.4 is 4.90 Å². The van der Waals surface area contributed by atoms with Gasteiger partial charge in [-0.05, 0) is 38.8 Å². The van der Waals surface area contributed by atoms with Crippen LogP contribution in [-0.2, 0) is 0 Å². The minimum atomic E-state index is 0.560. The molecule has 5 rings (SSSR count). The molecule has 0 N–H and O–H groups in total. The molecule has 3 heterocycles. The van der Waals surface area contributed by atoms with Crippen molar-refractivity contribution in [3.8, 4) is 21.8 Å². The lowest BCUT2D eigenvalue weighted by atomic mass is 9.83. The number of benzene rings is 1. The van der Waals surface area contributed by atoms with Crippen molar-refractivity contribution in [1.82, 2.24) is 19.9 Å². The number of aryl methyl sites for hydroxylation is 1. The minimum Gasteiger partial charge on any atom is -0.345 e. The molecule has 1 aromatic carbocycles. The Balaban J connectivity index is 1.61. The fourth-order valence-corrected chi connectivity index (χ4v) is 5.99. The lowest BCUT2D eigenvalue weighted by Gasteiger charge is -2.32. The summed E-state index contributed by atoms with van der Waals surface area (Å²) in [7, 11) is 2.19. The quantitative estimate of drug-likeness (QED) is 0.553. The van der Waals surface area contributed by atoms with Gasteiger partial charge in [-0.25, -0.2) is 15.0 Å². The van der Waals surface area contributed by atoms with E-state index in [4.69, 9.17) is 9.97 Å². The largest absolute Gasteiger partial charge is 0.345 e. The highest BCUT2D eigenvalue weighted by molar-refractivity contribution is 7.19. The Morgan fingerprint density at radius 2 is 1.81 bits per heavy atom. The van der Waals surface area contributed by atoms with Gasteiger partial charge in [0.05, 0.1) is 16.3 Å². The highest BCUT2D eigenvalue weighted by atomic mass is 32.1. The molecule has 0 radical (unpaired) electrons. The number of nitrogens with zero attached hydrogens (tertiary/aromatic N) is 5. The van der Waals surface area contributed by atoms with Crippen molar-refractivity contribution in [3.05, 3.63) is 47.9 Å². The summed E-state index contributed by atoms with van der Waals surface area (Å²) < 4.78 is 0. The molecule has 0 bridgehead atoms. The van der Waals surface area contributed by atoms with Gasteiger partial charge in [0.1, 0.15) is 6.33 Å². The Bertz CT molecular complexity index is 1030. The van der Waals surface area contributed by atoms with Crippen LogP contribution >= 0.6 is 11.3 Å². The molecule has 2 aliphatic rings. The fraction of sp³-hybridized carbons (Fsp3) is 0.480. The Hall–Kier alpha value is -2.31. The SMILES string of the molecule is Cc1cccc(-c2nc(N3CCN(C)CC3)sc2-c2ncncc2C2CCCCC2)c1. The van der Waals surface area contributed by atoms with Crippen molar-refractivity contribution >= 4 is 16.5 Å². The van der Waals surface area contributed by atoms with Gasteiger partial charge < -0.3 is 9.80 Å².